The first-order chi connectivity index (χ1) is 5.31. The number of hydrogen-bond donors (Lipinski definition) is 0. The Balaban J connectivity index is 3.42. The van der Waals surface area contributed by atoms with Crippen LogP contribution in [0.25, 0.3) is 0 Å². The van der Waals surface area contributed by atoms with Gasteiger partial charge in [0.05, 0.1) is 0 Å². The average molecular weight is 153 g/mol. The van der Waals surface area contributed by atoms with Crippen molar-refractivity contribution in [2.45, 2.75) is 39.5 Å². The van der Waals surface area contributed by atoms with Gasteiger partial charge in [-0.2, -0.15) is 0 Å². The molecule has 0 heterocycles. The van der Waals surface area contributed by atoms with Gasteiger partial charge < -0.3 is 0 Å². The average Bonchev–Trinajstić information content (AvgIpc) is 2.01. The van der Waals surface area contributed by atoms with Crippen molar-refractivity contribution in [3.63, 3.8) is 0 Å². The van der Waals surface area contributed by atoms with Crippen LogP contribution in [0, 0.1) is 0 Å². The molecule has 0 N–H and O–H groups in total. The van der Waals surface area contributed by atoms with Gasteiger partial charge in [0.2, 0.25) is 0 Å². The van der Waals surface area contributed by atoms with Gasteiger partial charge in [-0.1, -0.05) is 25.3 Å². The first kappa shape index (κ1) is 10.4. The Kier molecular flexibility index (Phi) is 7.11. The fraction of sp³-hybridized carbons (Fsp3) is 0.700. The van der Waals surface area contributed by atoms with E-state index in [1.165, 1.54) is 31.3 Å². The van der Waals surface area contributed by atoms with Crippen LogP contribution in [0.1, 0.15) is 39.5 Å². The maximum Gasteiger partial charge on any atom is 0.0277 e. The van der Waals surface area contributed by atoms with E-state index in [0.717, 1.165) is 0 Å². The van der Waals surface area contributed by atoms with Crippen molar-refractivity contribution in [3.05, 3.63) is 11.6 Å². The lowest BCUT2D eigenvalue weighted by atomic mass is 10.1. The van der Waals surface area contributed by atoms with Crippen LogP contribution < -0.4 is 0 Å². The number of rotatable bonds is 5. The second kappa shape index (κ2) is 7.52. The summed E-state index contributed by atoms with van der Waals surface area (Å²) in [4.78, 5) is 3.90. The molecule has 0 saturated carbocycles. The zero-order valence-corrected chi connectivity index (χ0v) is 7.93. The smallest absolute Gasteiger partial charge is 0.0277 e. The van der Waals surface area contributed by atoms with Gasteiger partial charge in [0, 0.05) is 13.3 Å². The van der Waals surface area contributed by atoms with Crippen LogP contribution in [0.15, 0.2) is 16.6 Å². The third kappa shape index (κ3) is 7.31. The highest BCUT2D eigenvalue weighted by Crippen LogP contribution is 2.06. The van der Waals surface area contributed by atoms with Gasteiger partial charge in [0.15, 0.2) is 0 Å². The predicted molar refractivity (Wildman–Crippen MR) is 52.3 cm³/mol. The van der Waals surface area contributed by atoms with Crippen LogP contribution in [0.3, 0.4) is 0 Å². The molecule has 0 spiro atoms. The molecule has 0 aromatic rings. The Bertz CT molecular complexity index is 134. The van der Waals surface area contributed by atoms with Gasteiger partial charge in [-0.05, 0) is 25.8 Å². The van der Waals surface area contributed by atoms with Crippen molar-refractivity contribution >= 4 is 6.21 Å². The summed E-state index contributed by atoms with van der Waals surface area (Å²) in [7, 11) is 1.80. The van der Waals surface area contributed by atoms with E-state index in [1.54, 1.807) is 7.05 Å². The Morgan fingerprint density at radius 2 is 2.09 bits per heavy atom. The third-order valence-electron chi connectivity index (χ3n) is 1.68. The van der Waals surface area contributed by atoms with Crippen molar-refractivity contribution in [2.24, 2.45) is 4.99 Å². The molecule has 0 radical (unpaired) electrons. The molecule has 0 aromatic heterocycles. The Morgan fingerprint density at radius 3 is 2.64 bits per heavy atom. The maximum atomic E-state index is 3.90. The summed E-state index contributed by atoms with van der Waals surface area (Å²) in [5.74, 6) is 0. The van der Waals surface area contributed by atoms with Crippen molar-refractivity contribution in [1.82, 2.24) is 0 Å². The summed E-state index contributed by atoms with van der Waals surface area (Å²) < 4.78 is 0. The highest BCUT2D eigenvalue weighted by atomic mass is 14.6. The largest absolute Gasteiger partial charge is 0.297 e. The minimum atomic E-state index is 1.22. The quantitative estimate of drug-likeness (QED) is 0.425. The van der Waals surface area contributed by atoms with Gasteiger partial charge in [0.1, 0.15) is 0 Å². The molecular formula is C10H19N. The van der Waals surface area contributed by atoms with Crippen LogP contribution in [0.5, 0.6) is 0 Å². The number of allylic oxidation sites excluding steroid dienone is 2. The molecule has 0 atom stereocenters. The molecule has 0 fully saturated rings. The molecular weight excluding hydrogens is 134 g/mol. The molecule has 0 bridgehead atoms. The minimum Gasteiger partial charge on any atom is -0.297 e. The van der Waals surface area contributed by atoms with E-state index >= 15 is 0 Å². The summed E-state index contributed by atoms with van der Waals surface area (Å²) in [5, 5.41) is 0. The SMILES string of the molecule is CCCCC/C(C)=C/C=NC. The van der Waals surface area contributed by atoms with Crippen molar-refractivity contribution in [3.8, 4) is 0 Å². The summed E-state index contributed by atoms with van der Waals surface area (Å²) in [6.45, 7) is 4.39. The first-order valence-corrected chi connectivity index (χ1v) is 4.39. The van der Waals surface area contributed by atoms with Gasteiger partial charge in [-0.15, -0.1) is 0 Å². The molecule has 1 heteroatoms. The molecule has 0 aromatic carbocycles. The van der Waals surface area contributed by atoms with Crippen LogP contribution in [0.4, 0.5) is 0 Å². The zero-order chi connectivity index (χ0) is 8.53. The van der Waals surface area contributed by atoms with E-state index in [4.69, 9.17) is 0 Å². The number of aliphatic imine (C=N–C) groups is 1. The lowest BCUT2D eigenvalue weighted by Gasteiger charge is -1.97. The molecule has 0 saturated heterocycles. The molecule has 0 aliphatic heterocycles. The second-order valence-corrected chi connectivity index (χ2v) is 2.88. The monoisotopic (exact) mass is 153 g/mol. The second-order valence-electron chi connectivity index (χ2n) is 2.88. The Morgan fingerprint density at radius 1 is 1.36 bits per heavy atom. The Labute approximate surface area is 70.2 Å². The lowest BCUT2D eigenvalue weighted by Crippen LogP contribution is -1.79. The molecule has 0 unspecified atom stereocenters. The van der Waals surface area contributed by atoms with Crippen LogP contribution in [0.2, 0.25) is 0 Å². The lowest BCUT2D eigenvalue weighted by molar-refractivity contribution is 0.714. The highest BCUT2D eigenvalue weighted by molar-refractivity contribution is 5.71. The molecule has 0 aliphatic rings. The molecule has 64 valence electrons. The van der Waals surface area contributed by atoms with Gasteiger partial charge in [-0.3, -0.25) is 4.99 Å². The van der Waals surface area contributed by atoms with Crippen LogP contribution >= 0.6 is 0 Å². The fourth-order valence-corrected chi connectivity index (χ4v) is 0.939. The van der Waals surface area contributed by atoms with Gasteiger partial charge in [0.25, 0.3) is 0 Å². The highest BCUT2D eigenvalue weighted by Gasteiger charge is 1.87. The standard InChI is InChI=1S/C10H19N/c1-4-5-6-7-10(2)8-9-11-3/h8-9H,4-7H2,1-3H3/b10-8+,11-9?. The molecule has 11 heavy (non-hydrogen) atoms. The summed E-state index contributed by atoms with van der Waals surface area (Å²) in [6.07, 6.45) is 9.14. The molecule has 1 nitrogen and oxygen atoms in total. The van der Waals surface area contributed by atoms with Gasteiger partial charge >= 0.3 is 0 Å². The third-order valence-corrected chi connectivity index (χ3v) is 1.68. The van der Waals surface area contributed by atoms with E-state index in [1.807, 2.05) is 6.21 Å². The summed E-state index contributed by atoms with van der Waals surface area (Å²) in [5.41, 5.74) is 1.43. The Hall–Kier alpha value is -0.590. The summed E-state index contributed by atoms with van der Waals surface area (Å²) in [6, 6.07) is 0. The summed E-state index contributed by atoms with van der Waals surface area (Å²) >= 11 is 0. The maximum absolute atomic E-state index is 3.90. The first-order valence-electron chi connectivity index (χ1n) is 4.39. The van der Waals surface area contributed by atoms with E-state index in [0.29, 0.717) is 0 Å². The topological polar surface area (TPSA) is 12.4 Å². The number of nitrogens with zero attached hydrogens (tertiary/aromatic N) is 1. The normalized spacial score (nSPS) is 12.8. The molecule has 0 amide bonds. The van der Waals surface area contributed by atoms with Crippen LogP contribution in [-0.4, -0.2) is 13.3 Å². The van der Waals surface area contributed by atoms with Crippen molar-refractivity contribution in [1.29, 1.82) is 0 Å². The minimum absolute atomic E-state index is 1.22. The molecule has 0 aliphatic carbocycles. The zero-order valence-electron chi connectivity index (χ0n) is 7.93. The number of unbranched alkanes of at least 4 members (excludes halogenated alkanes) is 2. The van der Waals surface area contributed by atoms with E-state index in [2.05, 4.69) is 24.9 Å². The number of hydrogen-bond acceptors (Lipinski definition) is 1. The van der Waals surface area contributed by atoms with E-state index in [9.17, 15) is 0 Å². The molecule has 0 rings (SSSR count). The fourth-order valence-electron chi connectivity index (χ4n) is 0.939. The van der Waals surface area contributed by atoms with Gasteiger partial charge in [-0.25, -0.2) is 0 Å². The predicted octanol–water partition coefficient (Wildman–Crippen LogP) is 3.21. The van der Waals surface area contributed by atoms with E-state index < -0.39 is 0 Å². The van der Waals surface area contributed by atoms with E-state index in [-0.39, 0.29) is 0 Å². The van der Waals surface area contributed by atoms with Crippen molar-refractivity contribution in [2.75, 3.05) is 7.05 Å². The van der Waals surface area contributed by atoms with Crippen LogP contribution in [-0.2, 0) is 0 Å². The van der Waals surface area contributed by atoms with Crippen molar-refractivity contribution < 1.29 is 0 Å².